The van der Waals surface area contributed by atoms with Crippen molar-refractivity contribution in [2.75, 3.05) is 24.2 Å². The largest absolute Gasteiger partial charge is 0.363 e. The zero-order chi connectivity index (χ0) is 14.7. The first-order valence-corrected chi connectivity index (χ1v) is 8.83. The summed E-state index contributed by atoms with van der Waals surface area (Å²) < 4.78 is 0. The number of nitriles is 1. The summed E-state index contributed by atoms with van der Waals surface area (Å²) >= 11 is 2.97. The third kappa shape index (κ3) is 3.22. The summed E-state index contributed by atoms with van der Waals surface area (Å²) in [7, 11) is 0. The molecule has 0 unspecified atom stereocenters. The third-order valence-corrected chi connectivity index (χ3v) is 5.68. The normalized spacial score (nSPS) is 16.6. The van der Waals surface area contributed by atoms with Gasteiger partial charge in [-0.2, -0.15) is 5.26 Å². The van der Waals surface area contributed by atoms with E-state index in [2.05, 4.69) is 21.7 Å². The summed E-state index contributed by atoms with van der Waals surface area (Å²) in [6.07, 6.45) is 4.29. The van der Waals surface area contributed by atoms with E-state index in [9.17, 15) is 10.1 Å². The lowest BCUT2D eigenvalue weighted by Gasteiger charge is -2.09. The van der Waals surface area contributed by atoms with Crippen molar-refractivity contribution in [3.05, 3.63) is 16.0 Å². The van der Waals surface area contributed by atoms with Gasteiger partial charge in [-0.1, -0.05) is 11.8 Å². The molecule has 2 N–H and O–H groups in total. The molecule has 2 aliphatic rings. The Kier molecular flexibility index (Phi) is 4.46. The number of nitrogens with one attached hydrogen (secondary N) is 2. The fourth-order valence-electron chi connectivity index (χ4n) is 2.54. The van der Waals surface area contributed by atoms with Gasteiger partial charge in [0, 0.05) is 11.4 Å². The maximum Gasteiger partial charge on any atom is 0.235 e. The molecule has 2 heterocycles. The Hall–Kier alpha value is -1.52. The number of thiophene rings is 1. The van der Waals surface area contributed by atoms with Crippen molar-refractivity contribution < 1.29 is 4.79 Å². The minimum Gasteiger partial charge on any atom is -0.363 e. The van der Waals surface area contributed by atoms with Crippen molar-refractivity contribution in [3.8, 4) is 6.07 Å². The quantitative estimate of drug-likeness (QED) is 0.894. The number of amidine groups is 1. The lowest BCUT2D eigenvalue weighted by Crippen LogP contribution is -2.20. The molecule has 0 spiro atoms. The number of carbonyl (C=O) groups excluding carboxylic acids is 1. The van der Waals surface area contributed by atoms with Crippen LogP contribution < -0.4 is 10.6 Å². The van der Waals surface area contributed by atoms with E-state index >= 15 is 0 Å². The van der Waals surface area contributed by atoms with E-state index in [-0.39, 0.29) is 5.91 Å². The van der Waals surface area contributed by atoms with Gasteiger partial charge in [0.1, 0.15) is 11.1 Å². The maximum absolute atomic E-state index is 12.0. The highest BCUT2D eigenvalue weighted by molar-refractivity contribution is 8.14. The van der Waals surface area contributed by atoms with Gasteiger partial charge in [-0.3, -0.25) is 9.79 Å². The maximum atomic E-state index is 12.0. The molecule has 1 aliphatic carbocycles. The molecule has 0 saturated heterocycles. The van der Waals surface area contributed by atoms with Crippen molar-refractivity contribution in [2.24, 2.45) is 4.99 Å². The Balaban J connectivity index is 1.65. The van der Waals surface area contributed by atoms with Crippen molar-refractivity contribution in [1.82, 2.24) is 5.32 Å². The molecule has 21 heavy (non-hydrogen) atoms. The van der Waals surface area contributed by atoms with Crippen LogP contribution in [0.5, 0.6) is 0 Å². The Morgan fingerprint density at radius 1 is 1.48 bits per heavy atom. The van der Waals surface area contributed by atoms with Crippen LogP contribution in [0.25, 0.3) is 0 Å². The van der Waals surface area contributed by atoms with Crippen molar-refractivity contribution in [2.45, 2.75) is 25.7 Å². The first kappa shape index (κ1) is 14.4. The fourth-order valence-corrected chi connectivity index (χ4v) is 4.52. The SMILES string of the molecule is N#Cc1c(NC(=O)CSC2=NCCN2)sc2c1CCCC2. The van der Waals surface area contributed by atoms with Gasteiger partial charge in [0.25, 0.3) is 0 Å². The highest BCUT2D eigenvalue weighted by atomic mass is 32.2. The second kappa shape index (κ2) is 6.50. The number of anilines is 1. The van der Waals surface area contributed by atoms with E-state index in [0.717, 1.165) is 48.1 Å². The standard InChI is InChI=1S/C14H16N4OS2/c15-7-10-9-3-1-2-4-11(9)21-13(10)18-12(19)8-20-14-16-5-6-17-14/h1-6,8H2,(H,16,17)(H,18,19). The number of amides is 1. The number of fused-ring (bicyclic) bond motifs is 1. The van der Waals surface area contributed by atoms with Crippen LogP contribution in [0.2, 0.25) is 0 Å². The topological polar surface area (TPSA) is 77.3 Å². The highest BCUT2D eigenvalue weighted by Gasteiger charge is 2.21. The van der Waals surface area contributed by atoms with E-state index in [0.29, 0.717) is 11.3 Å². The van der Waals surface area contributed by atoms with Crippen molar-refractivity contribution in [3.63, 3.8) is 0 Å². The molecule has 7 heteroatoms. The van der Waals surface area contributed by atoms with E-state index in [1.54, 1.807) is 11.3 Å². The molecule has 0 saturated carbocycles. The van der Waals surface area contributed by atoms with Crippen LogP contribution in [0.1, 0.15) is 28.8 Å². The molecule has 1 aliphatic heterocycles. The summed E-state index contributed by atoms with van der Waals surface area (Å²) in [4.78, 5) is 17.5. The molecule has 0 atom stereocenters. The summed E-state index contributed by atoms with van der Waals surface area (Å²) in [5.74, 6) is 0.241. The van der Waals surface area contributed by atoms with Gasteiger partial charge in [-0.15, -0.1) is 11.3 Å². The number of thioether (sulfide) groups is 1. The van der Waals surface area contributed by atoms with Gasteiger partial charge in [0.15, 0.2) is 5.17 Å². The molecule has 3 rings (SSSR count). The monoisotopic (exact) mass is 320 g/mol. The van der Waals surface area contributed by atoms with Crippen LogP contribution in [0.15, 0.2) is 4.99 Å². The molecule has 5 nitrogen and oxygen atoms in total. The molecule has 0 fully saturated rings. The van der Waals surface area contributed by atoms with Gasteiger partial charge in [0.05, 0.1) is 17.9 Å². The zero-order valence-electron chi connectivity index (χ0n) is 11.6. The van der Waals surface area contributed by atoms with Gasteiger partial charge in [-0.25, -0.2) is 0 Å². The molecule has 110 valence electrons. The molecule has 1 amide bonds. The number of nitrogens with zero attached hydrogens (tertiary/aromatic N) is 2. The Morgan fingerprint density at radius 3 is 3.10 bits per heavy atom. The first-order chi connectivity index (χ1) is 10.3. The van der Waals surface area contributed by atoms with Crippen molar-refractivity contribution in [1.29, 1.82) is 5.26 Å². The third-order valence-electron chi connectivity index (χ3n) is 3.52. The predicted molar refractivity (Wildman–Crippen MR) is 87.1 cm³/mol. The number of carbonyl (C=O) groups is 1. The van der Waals surface area contributed by atoms with Gasteiger partial charge in [-0.05, 0) is 31.2 Å². The average Bonchev–Trinajstić information content (AvgIpc) is 3.12. The minimum atomic E-state index is -0.0773. The minimum absolute atomic E-state index is 0.0773. The van der Waals surface area contributed by atoms with E-state index < -0.39 is 0 Å². The second-order valence-corrected chi connectivity index (χ2v) is 7.05. The van der Waals surface area contributed by atoms with E-state index in [1.165, 1.54) is 23.1 Å². The summed E-state index contributed by atoms with van der Waals surface area (Å²) in [5, 5.41) is 16.9. The van der Waals surface area contributed by atoms with Gasteiger partial charge < -0.3 is 10.6 Å². The predicted octanol–water partition coefficient (Wildman–Crippen LogP) is 2.13. The average molecular weight is 320 g/mol. The zero-order valence-corrected chi connectivity index (χ0v) is 13.2. The van der Waals surface area contributed by atoms with E-state index in [4.69, 9.17) is 0 Å². The van der Waals surface area contributed by atoms with Crippen molar-refractivity contribution >= 4 is 39.2 Å². The fraction of sp³-hybridized carbons (Fsp3) is 0.500. The summed E-state index contributed by atoms with van der Waals surface area (Å²) in [5.41, 5.74) is 1.82. The Morgan fingerprint density at radius 2 is 2.33 bits per heavy atom. The second-order valence-electron chi connectivity index (χ2n) is 4.98. The number of rotatable bonds is 3. The molecule has 0 aromatic carbocycles. The van der Waals surface area contributed by atoms with Crippen LogP contribution >= 0.6 is 23.1 Å². The first-order valence-electron chi connectivity index (χ1n) is 7.03. The molecule has 1 aromatic heterocycles. The summed E-state index contributed by atoms with van der Waals surface area (Å²) in [6.45, 7) is 1.63. The van der Waals surface area contributed by atoms with E-state index in [1.807, 2.05) is 0 Å². The number of aliphatic imine (C=N–C) groups is 1. The number of aryl methyl sites for hydroxylation is 1. The van der Waals surface area contributed by atoms with Gasteiger partial charge >= 0.3 is 0 Å². The lowest BCUT2D eigenvalue weighted by molar-refractivity contribution is -0.113. The van der Waals surface area contributed by atoms with Crippen LogP contribution in [0.3, 0.4) is 0 Å². The smallest absolute Gasteiger partial charge is 0.235 e. The number of hydrogen-bond acceptors (Lipinski definition) is 6. The summed E-state index contributed by atoms with van der Waals surface area (Å²) in [6, 6.07) is 2.26. The molecular weight excluding hydrogens is 304 g/mol. The number of hydrogen-bond donors (Lipinski definition) is 2. The Bertz CT molecular complexity index is 630. The van der Waals surface area contributed by atoms with Gasteiger partial charge in [0.2, 0.25) is 5.91 Å². The Labute approximate surface area is 131 Å². The lowest BCUT2D eigenvalue weighted by atomic mass is 9.96. The van der Waals surface area contributed by atoms with Crippen LogP contribution in [0, 0.1) is 11.3 Å². The van der Waals surface area contributed by atoms with Crippen LogP contribution in [0.4, 0.5) is 5.00 Å². The highest BCUT2D eigenvalue weighted by Crippen LogP contribution is 2.37. The van der Waals surface area contributed by atoms with Crippen LogP contribution in [-0.4, -0.2) is 29.9 Å². The van der Waals surface area contributed by atoms with Crippen LogP contribution in [-0.2, 0) is 17.6 Å². The molecule has 1 aromatic rings. The molecule has 0 bridgehead atoms. The molecular formula is C14H16N4OS2. The molecule has 0 radical (unpaired) electrons.